The molecule has 0 saturated heterocycles. The fourth-order valence-corrected chi connectivity index (χ4v) is 12.7. The lowest BCUT2D eigenvalue weighted by atomic mass is 9.82. The van der Waals surface area contributed by atoms with E-state index in [0.29, 0.717) is 0 Å². The van der Waals surface area contributed by atoms with Crippen molar-refractivity contribution in [1.29, 1.82) is 0 Å². The number of rotatable bonds is 4. The molecule has 0 unspecified atom stereocenters. The number of hydrogen-bond acceptors (Lipinski definition) is 1. The summed E-state index contributed by atoms with van der Waals surface area (Å²) in [6.07, 6.45) is 0. The van der Waals surface area contributed by atoms with E-state index in [4.69, 9.17) is 0 Å². The van der Waals surface area contributed by atoms with Gasteiger partial charge in [0.1, 0.15) is 0 Å². The first-order valence-electron chi connectivity index (χ1n) is 19.0. The van der Waals surface area contributed by atoms with Gasteiger partial charge in [-0.05, 0) is 100 Å². The summed E-state index contributed by atoms with van der Waals surface area (Å²) in [5, 5.41) is 10.3. The van der Waals surface area contributed by atoms with Crippen LogP contribution >= 0.6 is 7.14 Å². The summed E-state index contributed by atoms with van der Waals surface area (Å²) in [5.74, 6) is 0. The van der Waals surface area contributed by atoms with Crippen LogP contribution in [0.4, 0.5) is 0 Å². The van der Waals surface area contributed by atoms with Gasteiger partial charge in [0, 0.05) is 26.7 Å². The van der Waals surface area contributed by atoms with E-state index in [1.165, 1.54) is 82.4 Å². The van der Waals surface area contributed by atoms with Gasteiger partial charge < -0.3 is 4.57 Å². The Bertz CT molecular complexity index is 2940. The van der Waals surface area contributed by atoms with Crippen LogP contribution < -0.4 is 15.9 Å². The second kappa shape index (κ2) is 10.9. The van der Waals surface area contributed by atoms with Crippen LogP contribution in [-0.4, -0.2) is 0 Å². The van der Waals surface area contributed by atoms with Gasteiger partial charge in [0.15, 0.2) is 7.14 Å². The molecule has 0 radical (unpaired) electrons. The molecule has 0 bridgehead atoms. The van der Waals surface area contributed by atoms with Gasteiger partial charge in [-0.1, -0.05) is 179 Å². The SMILES string of the molecule is CC1(C)c2ccccc2-c2ccc(P(=O)(c3ccc(-c4ccc5ccc6cccc7ccc4c5c67)cc3)c3ccc4c(c3)C(C)(C)c3ccccc3-4)cc21. The van der Waals surface area contributed by atoms with Crippen molar-refractivity contribution in [3.05, 3.63) is 186 Å². The third kappa shape index (κ3) is 4.14. The van der Waals surface area contributed by atoms with Gasteiger partial charge in [-0.2, -0.15) is 0 Å². The summed E-state index contributed by atoms with van der Waals surface area (Å²) >= 11 is 0. The number of hydrogen-bond donors (Lipinski definition) is 0. The number of benzene rings is 9. The highest BCUT2D eigenvalue weighted by molar-refractivity contribution is 7.85. The molecule has 11 rings (SSSR count). The van der Waals surface area contributed by atoms with Crippen molar-refractivity contribution in [2.24, 2.45) is 0 Å². The predicted octanol–water partition coefficient (Wildman–Crippen LogP) is 12.5. The molecule has 54 heavy (non-hydrogen) atoms. The fourth-order valence-electron chi connectivity index (χ4n) is 10.1. The molecule has 1 nitrogen and oxygen atoms in total. The summed E-state index contributed by atoms with van der Waals surface area (Å²) < 4.78 is 16.5. The summed E-state index contributed by atoms with van der Waals surface area (Å²) in [6.45, 7) is 9.19. The van der Waals surface area contributed by atoms with E-state index in [-0.39, 0.29) is 10.8 Å². The third-order valence-electron chi connectivity index (χ3n) is 12.9. The van der Waals surface area contributed by atoms with Crippen molar-refractivity contribution < 1.29 is 4.57 Å². The molecule has 9 aromatic rings. The molecule has 0 aliphatic heterocycles. The molecule has 0 atom stereocenters. The van der Waals surface area contributed by atoms with Gasteiger partial charge in [0.05, 0.1) is 0 Å². The summed E-state index contributed by atoms with van der Waals surface area (Å²) in [7, 11) is -3.35. The summed E-state index contributed by atoms with van der Waals surface area (Å²) in [6, 6.07) is 59.3. The van der Waals surface area contributed by atoms with Crippen LogP contribution in [0.5, 0.6) is 0 Å². The molecule has 0 aromatic heterocycles. The Morgan fingerprint density at radius 1 is 0.370 bits per heavy atom. The maximum Gasteiger partial charge on any atom is 0.171 e. The lowest BCUT2D eigenvalue weighted by Gasteiger charge is -2.26. The van der Waals surface area contributed by atoms with Gasteiger partial charge in [-0.15, -0.1) is 0 Å². The van der Waals surface area contributed by atoms with E-state index in [1.807, 2.05) is 0 Å². The molecule has 9 aromatic carbocycles. The lowest BCUT2D eigenvalue weighted by Crippen LogP contribution is -2.28. The summed E-state index contributed by atoms with van der Waals surface area (Å²) in [4.78, 5) is 0. The molecule has 2 heteroatoms. The highest BCUT2D eigenvalue weighted by atomic mass is 31.2. The highest BCUT2D eigenvalue weighted by Crippen LogP contribution is 2.53. The molecule has 0 N–H and O–H groups in total. The molecule has 2 aliphatic carbocycles. The largest absolute Gasteiger partial charge is 0.309 e. The molecule has 0 heterocycles. The Balaban J connectivity index is 1.10. The molecule has 0 spiro atoms. The molecule has 0 amide bonds. The second-order valence-corrected chi connectivity index (χ2v) is 19.2. The Morgan fingerprint density at radius 2 is 0.815 bits per heavy atom. The van der Waals surface area contributed by atoms with Crippen LogP contribution in [0.15, 0.2) is 164 Å². The van der Waals surface area contributed by atoms with E-state index < -0.39 is 7.14 Å². The van der Waals surface area contributed by atoms with Gasteiger partial charge in [-0.25, -0.2) is 0 Å². The minimum absolute atomic E-state index is 0.201. The smallest absolute Gasteiger partial charge is 0.171 e. The molecular weight excluding hydrogens is 672 g/mol. The van der Waals surface area contributed by atoms with Crippen LogP contribution in [-0.2, 0) is 15.4 Å². The first-order chi connectivity index (χ1) is 26.2. The minimum atomic E-state index is -3.35. The topological polar surface area (TPSA) is 17.1 Å². The Morgan fingerprint density at radius 3 is 1.39 bits per heavy atom. The summed E-state index contributed by atoms with van der Waals surface area (Å²) in [5.41, 5.74) is 12.0. The van der Waals surface area contributed by atoms with E-state index in [0.717, 1.165) is 21.5 Å². The zero-order valence-corrected chi connectivity index (χ0v) is 31.8. The van der Waals surface area contributed by atoms with Crippen molar-refractivity contribution in [2.45, 2.75) is 38.5 Å². The predicted molar refractivity (Wildman–Crippen MR) is 230 cm³/mol. The first-order valence-corrected chi connectivity index (χ1v) is 20.7. The molecule has 0 saturated carbocycles. The standard InChI is InChI=1S/C52H39OP/c1-51(2)45-14-7-5-12-40(45)42-28-24-37(30-47(42)51)54(53,38-25-29-43-41-13-6-8-15-46(41)52(3,4)48(43)31-38)36-22-18-32(19-23-36)39-26-20-35-17-16-33-10-9-11-34-21-27-44(39)50(35)49(33)34/h5-31H,1-4H3. The third-order valence-corrected chi connectivity index (χ3v) is 16.0. The maximum absolute atomic E-state index is 16.5. The molecule has 2 aliphatic rings. The average molecular weight is 711 g/mol. The van der Waals surface area contributed by atoms with Crippen LogP contribution in [0.2, 0.25) is 0 Å². The van der Waals surface area contributed by atoms with Crippen molar-refractivity contribution in [3.63, 3.8) is 0 Å². The Hall–Kier alpha value is -5.75. The van der Waals surface area contributed by atoms with E-state index in [1.54, 1.807) is 0 Å². The highest BCUT2D eigenvalue weighted by Gasteiger charge is 2.40. The first kappa shape index (κ1) is 31.7. The van der Waals surface area contributed by atoms with Gasteiger partial charge >= 0.3 is 0 Å². The van der Waals surface area contributed by atoms with Crippen molar-refractivity contribution in [2.75, 3.05) is 0 Å². The van der Waals surface area contributed by atoms with Crippen molar-refractivity contribution in [3.8, 4) is 33.4 Å². The number of fused-ring (bicyclic) bond motifs is 6. The van der Waals surface area contributed by atoms with Crippen LogP contribution in [0.1, 0.15) is 49.9 Å². The Kier molecular flexibility index (Phi) is 6.41. The van der Waals surface area contributed by atoms with E-state index in [9.17, 15) is 0 Å². The van der Waals surface area contributed by atoms with Crippen LogP contribution in [0, 0.1) is 0 Å². The van der Waals surface area contributed by atoms with Gasteiger partial charge in [0.25, 0.3) is 0 Å². The zero-order chi connectivity index (χ0) is 36.6. The zero-order valence-electron chi connectivity index (χ0n) is 30.9. The van der Waals surface area contributed by atoms with Crippen LogP contribution in [0.25, 0.3) is 65.7 Å². The minimum Gasteiger partial charge on any atom is -0.309 e. The lowest BCUT2D eigenvalue weighted by molar-refractivity contribution is 0.592. The van der Waals surface area contributed by atoms with Crippen LogP contribution in [0.3, 0.4) is 0 Å². The fraction of sp³-hybridized carbons (Fsp3) is 0.115. The quantitative estimate of drug-likeness (QED) is 0.131. The molecule has 258 valence electrons. The van der Waals surface area contributed by atoms with E-state index >= 15 is 4.57 Å². The van der Waals surface area contributed by atoms with E-state index in [2.05, 4.69) is 191 Å². The second-order valence-electron chi connectivity index (χ2n) is 16.4. The van der Waals surface area contributed by atoms with Gasteiger partial charge in [-0.3, -0.25) is 0 Å². The normalized spacial score (nSPS) is 15.0. The molecule has 0 fully saturated rings. The Labute approximate surface area is 316 Å². The average Bonchev–Trinajstić information content (AvgIpc) is 3.58. The van der Waals surface area contributed by atoms with Crippen molar-refractivity contribution in [1.82, 2.24) is 0 Å². The maximum atomic E-state index is 16.5. The molecular formula is C52H39OP. The van der Waals surface area contributed by atoms with Crippen molar-refractivity contribution >= 4 is 55.4 Å². The van der Waals surface area contributed by atoms with Gasteiger partial charge in [0.2, 0.25) is 0 Å². The monoisotopic (exact) mass is 710 g/mol.